The molecule has 1 aliphatic carbocycles. The van der Waals surface area contributed by atoms with Crippen LogP contribution in [0.15, 0.2) is 30.4 Å². The third kappa shape index (κ3) is 3.19. The number of aryl methyl sites for hydroxylation is 1. The molecule has 0 radical (unpaired) electrons. The molecule has 2 rings (SSSR count). The van der Waals surface area contributed by atoms with E-state index in [1.54, 1.807) is 6.08 Å². The average molecular weight is 270 g/mol. The van der Waals surface area contributed by atoms with Crippen LogP contribution in [0.2, 0.25) is 0 Å². The van der Waals surface area contributed by atoms with E-state index in [4.69, 9.17) is 5.11 Å². The Kier molecular flexibility index (Phi) is 4.43. The number of fused-ring (bicyclic) bond motifs is 1. The second kappa shape index (κ2) is 6.08. The number of carbonyl (C=O) groups is 1. The van der Waals surface area contributed by atoms with E-state index in [1.807, 2.05) is 12.2 Å². The molecule has 20 heavy (non-hydrogen) atoms. The molecule has 2 atom stereocenters. The van der Waals surface area contributed by atoms with Crippen LogP contribution >= 0.6 is 0 Å². The fraction of sp³-hybridized carbons (Fsp3) is 0.389. The van der Waals surface area contributed by atoms with E-state index in [9.17, 15) is 4.79 Å². The number of carboxylic acid groups (broad SMARTS) is 1. The van der Waals surface area contributed by atoms with Crippen LogP contribution in [0, 0.1) is 12.8 Å². The van der Waals surface area contributed by atoms with Gasteiger partial charge in [-0.25, -0.2) is 4.79 Å². The van der Waals surface area contributed by atoms with E-state index < -0.39 is 5.97 Å². The molecular formula is C18H22O2. The van der Waals surface area contributed by atoms with Gasteiger partial charge in [0.05, 0.1) is 0 Å². The largest absolute Gasteiger partial charge is 0.478 e. The quantitative estimate of drug-likeness (QED) is 0.655. The van der Waals surface area contributed by atoms with Crippen LogP contribution in [0.5, 0.6) is 0 Å². The molecule has 0 fully saturated rings. The molecule has 1 N–H and O–H groups in total. The summed E-state index contributed by atoms with van der Waals surface area (Å²) in [5.74, 6) is 0.393. The van der Waals surface area contributed by atoms with Crippen molar-refractivity contribution in [2.45, 2.75) is 39.5 Å². The highest BCUT2D eigenvalue weighted by molar-refractivity contribution is 5.80. The minimum Gasteiger partial charge on any atom is -0.478 e. The molecule has 0 saturated carbocycles. The van der Waals surface area contributed by atoms with Crippen molar-refractivity contribution in [3.05, 3.63) is 52.6 Å². The predicted molar refractivity (Wildman–Crippen MR) is 82.9 cm³/mol. The van der Waals surface area contributed by atoms with E-state index in [2.05, 4.69) is 32.9 Å². The first-order chi connectivity index (χ1) is 9.49. The summed E-state index contributed by atoms with van der Waals surface area (Å²) in [6, 6.07) is 4.42. The molecule has 0 saturated heterocycles. The number of aliphatic carboxylic acids is 1. The summed E-state index contributed by atoms with van der Waals surface area (Å²) in [6.07, 6.45) is 8.97. The monoisotopic (exact) mass is 270 g/mol. The van der Waals surface area contributed by atoms with Crippen LogP contribution in [0.3, 0.4) is 0 Å². The van der Waals surface area contributed by atoms with Gasteiger partial charge in [-0.05, 0) is 53.9 Å². The van der Waals surface area contributed by atoms with Crippen molar-refractivity contribution in [2.24, 2.45) is 5.92 Å². The molecule has 0 bridgehead atoms. The van der Waals surface area contributed by atoms with Gasteiger partial charge in [-0.3, -0.25) is 0 Å². The summed E-state index contributed by atoms with van der Waals surface area (Å²) in [4.78, 5) is 10.5. The molecule has 2 heteroatoms. The second-order valence-electron chi connectivity index (χ2n) is 5.87. The lowest BCUT2D eigenvalue weighted by Crippen LogP contribution is -2.16. The summed E-state index contributed by atoms with van der Waals surface area (Å²) >= 11 is 0. The van der Waals surface area contributed by atoms with E-state index in [1.165, 1.54) is 28.7 Å². The zero-order chi connectivity index (χ0) is 14.7. The van der Waals surface area contributed by atoms with Crippen LogP contribution in [-0.2, 0) is 11.2 Å². The minimum atomic E-state index is -0.913. The van der Waals surface area contributed by atoms with Gasteiger partial charge >= 0.3 is 5.97 Å². The maximum Gasteiger partial charge on any atom is 0.328 e. The molecule has 1 aromatic carbocycles. The van der Waals surface area contributed by atoms with E-state index >= 15 is 0 Å². The summed E-state index contributed by atoms with van der Waals surface area (Å²) < 4.78 is 0. The van der Waals surface area contributed by atoms with Gasteiger partial charge in [0.2, 0.25) is 0 Å². The lowest BCUT2D eigenvalue weighted by molar-refractivity contribution is -0.131. The van der Waals surface area contributed by atoms with Crippen molar-refractivity contribution in [2.75, 3.05) is 0 Å². The Labute approximate surface area is 120 Å². The van der Waals surface area contributed by atoms with Crippen molar-refractivity contribution in [1.29, 1.82) is 0 Å². The topological polar surface area (TPSA) is 37.3 Å². The molecule has 106 valence electrons. The molecule has 0 heterocycles. The zero-order valence-corrected chi connectivity index (χ0v) is 12.4. The van der Waals surface area contributed by atoms with Gasteiger partial charge in [-0.1, -0.05) is 44.2 Å². The Bertz CT molecular complexity index is 567. The maximum atomic E-state index is 10.5. The third-order valence-electron chi connectivity index (χ3n) is 4.03. The molecule has 0 spiro atoms. The first-order valence-corrected chi connectivity index (χ1v) is 7.19. The highest BCUT2D eigenvalue weighted by Gasteiger charge is 2.23. The number of hydrogen-bond acceptors (Lipinski definition) is 1. The smallest absolute Gasteiger partial charge is 0.328 e. The third-order valence-corrected chi connectivity index (χ3v) is 4.03. The summed E-state index contributed by atoms with van der Waals surface area (Å²) in [5.41, 5.74) is 5.41. The van der Waals surface area contributed by atoms with Gasteiger partial charge in [0.15, 0.2) is 0 Å². The number of rotatable bonds is 3. The van der Waals surface area contributed by atoms with Gasteiger partial charge in [-0.15, -0.1) is 0 Å². The van der Waals surface area contributed by atoms with Gasteiger partial charge in [0.25, 0.3) is 0 Å². The Balaban J connectivity index is 2.38. The minimum absolute atomic E-state index is 0.566. The highest BCUT2D eigenvalue weighted by Crippen LogP contribution is 2.38. The lowest BCUT2D eigenvalue weighted by atomic mass is 9.75. The van der Waals surface area contributed by atoms with Crippen molar-refractivity contribution < 1.29 is 9.90 Å². The standard InChI is InChI=1S/C18H22O2/c1-12-10-14(3)18-15(11-12)9-8-13(2)16(18)6-4-5-7-17(19)20/h4-9,12,14H,10-11H2,1-3H3,(H,19,20). The summed E-state index contributed by atoms with van der Waals surface area (Å²) in [5, 5.41) is 8.61. The molecule has 2 nitrogen and oxygen atoms in total. The molecule has 0 aliphatic heterocycles. The van der Waals surface area contributed by atoms with Crippen molar-refractivity contribution >= 4 is 12.0 Å². The SMILES string of the molecule is Cc1ccc2c(c1C=CC=CC(=O)O)C(C)CC(C)C2. The van der Waals surface area contributed by atoms with Crippen molar-refractivity contribution in [3.8, 4) is 0 Å². The van der Waals surface area contributed by atoms with Crippen LogP contribution < -0.4 is 0 Å². The van der Waals surface area contributed by atoms with Crippen LogP contribution in [0.4, 0.5) is 0 Å². The normalized spacial score (nSPS) is 22.4. The molecule has 1 aromatic rings. The fourth-order valence-electron chi connectivity index (χ4n) is 3.24. The molecule has 2 unspecified atom stereocenters. The molecular weight excluding hydrogens is 248 g/mol. The Morgan fingerprint density at radius 2 is 2.05 bits per heavy atom. The first-order valence-electron chi connectivity index (χ1n) is 7.19. The first kappa shape index (κ1) is 14.6. The maximum absolute atomic E-state index is 10.5. The zero-order valence-electron chi connectivity index (χ0n) is 12.4. The van der Waals surface area contributed by atoms with E-state index in [0.717, 1.165) is 18.4 Å². The van der Waals surface area contributed by atoms with E-state index in [-0.39, 0.29) is 0 Å². The van der Waals surface area contributed by atoms with Crippen LogP contribution in [-0.4, -0.2) is 11.1 Å². The Hall–Kier alpha value is -1.83. The number of allylic oxidation sites excluding steroid dienone is 2. The molecule has 1 aliphatic rings. The van der Waals surface area contributed by atoms with Crippen LogP contribution in [0.1, 0.15) is 48.4 Å². The summed E-state index contributed by atoms with van der Waals surface area (Å²) in [6.45, 7) is 6.72. The van der Waals surface area contributed by atoms with Crippen molar-refractivity contribution in [3.63, 3.8) is 0 Å². The van der Waals surface area contributed by atoms with E-state index in [0.29, 0.717) is 5.92 Å². The number of carboxylic acids is 1. The lowest BCUT2D eigenvalue weighted by Gasteiger charge is -2.29. The molecule has 0 aromatic heterocycles. The average Bonchev–Trinajstić information content (AvgIpc) is 2.36. The highest BCUT2D eigenvalue weighted by atomic mass is 16.4. The number of benzene rings is 1. The van der Waals surface area contributed by atoms with Gasteiger partial charge < -0.3 is 5.11 Å². The fourth-order valence-corrected chi connectivity index (χ4v) is 3.24. The second-order valence-corrected chi connectivity index (χ2v) is 5.87. The predicted octanol–water partition coefficient (Wildman–Crippen LogP) is 4.33. The summed E-state index contributed by atoms with van der Waals surface area (Å²) in [7, 11) is 0. The van der Waals surface area contributed by atoms with Gasteiger partial charge in [0.1, 0.15) is 0 Å². The molecule has 0 amide bonds. The van der Waals surface area contributed by atoms with Crippen LogP contribution in [0.25, 0.3) is 6.08 Å². The van der Waals surface area contributed by atoms with Gasteiger partial charge in [-0.2, -0.15) is 0 Å². The van der Waals surface area contributed by atoms with Gasteiger partial charge in [0, 0.05) is 6.08 Å². The Morgan fingerprint density at radius 1 is 1.30 bits per heavy atom. The Morgan fingerprint density at radius 3 is 2.75 bits per heavy atom. The van der Waals surface area contributed by atoms with Crippen molar-refractivity contribution in [1.82, 2.24) is 0 Å². The number of hydrogen-bond donors (Lipinski definition) is 1.